The number of thiazole rings is 1. The Hall–Kier alpha value is -0.450. The maximum absolute atomic E-state index is 5.68. The van der Waals surface area contributed by atoms with Crippen molar-refractivity contribution in [2.45, 2.75) is 71.6 Å². The van der Waals surface area contributed by atoms with Gasteiger partial charge in [0.1, 0.15) is 11.1 Å². The van der Waals surface area contributed by atoms with Crippen LogP contribution in [0.25, 0.3) is 0 Å². The molecule has 0 amide bonds. The second-order valence-electron chi connectivity index (χ2n) is 7.11. The summed E-state index contributed by atoms with van der Waals surface area (Å²) in [6.07, 6.45) is 2.77. The lowest BCUT2D eigenvalue weighted by Crippen LogP contribution is -2.35. The van der Waals surface area contributed by atoms with E-state index in [0.29, 0.717) is 11.8 Å². The van der Waals surface area contributed by atoms with Gasteiger partial charge in [0.05, 0.1) is 5.69 Å². The standard InChI is InChI=1S/C16H28N2OS/c1-10(2)13-12(9-17-16(3,4)5)20-15(18-13)14(19-6)11-7-8-11/h10-11,14,17H,7-9H2,1-6H3. The summed E-state index contributed by atoms with van der Waals surface area (Å²) in [5.74, 6) is 1.16. The molecule has 1 atom stereocenters. The third-order valence-corrected chi connectivity index (χ3v) is 4.75. The van der Waals surface area contributed by atoms with E-state index in [1.165, 1.54) is 28.4 Å². The fraction of sp³-hybridized carbons (Fsp3) is 0.812. The molecule has 4 heteroatoms. The second kappa shape index (κ2) is 6.12. The van der Waals surface area contributed by atoms with Crippen molar-refractivity contribution in [3.8, 4) is 0 Å². The molecule has 1 aromatic heterocycles. The van der Waals surface area contributed by atoms with E-state index in [1.54, 1.807) is 0 Å². The number of rotatable bonds is 6. The van der Waals surface area contributed by atoms with Crippen molar-refractivity contribution in [3.63, 3.8) is 0 Å². The van der Waals surface area contributed by atoms with Crippen molar-refractivity contribution in [1.29, 1.82) is 0 Å². The van der Waals surface area contributed by atoms with E-state index in [9.17, 15) is 0 Å². The number of hydrogen-bond donors (Lipinski definition) is 1. The summed E-state index contributed by atoms with van der Waals surface area (Å²) in [7, 11) is 1.81. The fourth-order valence-corrected chi connectivity index (χ4v) is 3.65. The van der Waals surface area contributed by atoms with Gasteiger partial charge in [0.2, 0.25) is 0 Å². The minimum absolute atomic E-state index is 0.134. The van der Waals surface area contributed by atoms with E-state index < -0.39 is 0 Å². The van der Waals surface area contributed by atoms with Crippen LogP contribution < -0.4 is 5.32 Å². The molecule has 20 heavy (non-hydrogen) atoms. The number of hydrogen-bond acceptors (Lipinski definition) is 4. The predicted molar refractivity (Wildman–Crippen MR) is 85.3 cm³/mol. The maximum Gasteiger partial charge on any atom is 0.122 e. The van der Waals surface area contributed by atoms with Gasteiger partial charge in [-0.1, -0.05) is 13.8 Å². The smallest absolute Gasteiger partial charge is 0.122 e. The van der Waals surface area contributed by atoms with Crippen molar-refractivity contribution in [3.05, 3.63) is 15.6 Å². The highest BCUT2D eigenvalue weighted by atomic mass is 32.1. The molecular weight excluding hydrogens is 268 g/mol. The quantitative estimate of drug-likeness (QED) is 0.852. The van der Waals surface area contributed by atoms with Gasteiger partial charge in [-0.3, -0.25) is 0 Å². The van der Waals surface area contributed by atoms with Crippen molar-refractivity contribution in [2.75, 3.05) is 7.11 Å². The maximum atomic E-state index is 5.68. The highest BCUT2D eigenvalue weighted by Crippen LogP contribution is 2.45. The second-order valence-corrected chi connectivity index (χ2v) is 8.23. The lowest BCUT2D eigenvalue weighted by molar-refractivity contribution is 0.0842. The van der Waals surface area contributed by atoms with Crippen LogP contribution in [0.4, 0.5) is 0 Å². The van der Waals surface area contributed by atoms with Crippen LogP contribution in [0.5, 0.6) is 0 Å². The zero-order valence-electron chi connectivity index (χ0n) is 13.6. The summed E-state index contributed by atoms with van der Waals surface area (Å²) >= 11 is 1.83. The minimum Gasteiger partial charge on any atom is -0.374 e. The number of aromatic nitrogens is 1. The molecule has 1 aliphatic rings. The van der Waals surface area contributed by atoms with Crippen LogP contribution in [0, 0.1) is 5.92 Å². The summed E-state index contributed by atoms with van der Waals surface area (Å²) in [5.41, 5.74) is 1.37. The van der Waals surface area contributed by atoms with Gasteiger partial charge in [0, 0.05) is 24.1 Å². The first kappa shape index (κ1) is 15.9. The normalized spacial score (nSPS) is 17.8. The molecule has 3 nitrogen and oxygen atoms in total. The van der Waals surface area contributed by atoms with Gasteiger partial charge in [-0.25, -0.2) is 4.98 Å². The van der Waals surface area contributed by atoms with Crippen LogP contribution in [0.1, 0.15) is 75.1 Å². The van der Waals surface area contributed by atoms with Crippen LogP contribution in [0.3, 0.4) is 0 Å². The Morgan fingerprint density at radius 2 is 2.00 bits per heavy atom. The number of methoxy groups -OCH3 is 1. The lowest BCUT2D eigenvalue weighted by Gasteiger charge is -2.20. The molecular formula is C16H28N2OS. The highest BCUT2D eigenvalue weighted by Gasteiger charge is 2.35. The largest absolute Gasteiger partial charge is 0.374 e. The molecule has 1 N–H and O–H groups in total. The van der Waals surface area contributed by atoms with Gasteiger partial charge in [-0.2, -0.15) is 0 Å². The predicted octanol–water partition coefficient (Wildman–Crippen LogP) is 4.25. The molecule has 0 bridgehead atoms. The topological polar surface area (TPSA) is 34.1 Å². The first-order chi connectivity index (χ1) is 9.31. The Labute approximate surface area is 127 Å². The molecule has 0 radical (unpaired) electrons. The van der Waals surface area contributed by atoms with Gasteiger partial charge in [-0.15, -0.1) is 11.3 Å². The fourth-order valence-electron chi connectivity index (χ4n) is 2.32. The van der Waals surface area contributed by atoms with E-state index >= 15 is 0 Å². The van der Waals surface area contributed by atoms with E-state index in [1.807, 2.05) is 18.4 Å². The summed E-state index contributed by atoms with van der Waals surface area (Å²) in [6.45, 7) is 11.9. The summed E-state index contributed by atoms with van der Waals surface area (Å²) in [6, 6.07) is 0. The Morgan fingerprint density at radius 1 is 1.35 bits per heavy atom. The Morgan fingerprint density at radius 3 is 2.45 bits per heavy atom. The summed E-state index contributed by atoms with van der Waals surface area (Å²) in [5, 5.41) is 4.75. The molecule has 1 fully saturated rings. The highest BCUT2D eigenvalue weighted by molar-refractivity contribution is 7.11. The van der Waals surface area contributed by atoms with Crippen molar-refractivity contribution < 1.29 is 4.74 Å². The molecule has 0 saturated heterocycles. The average Bonchev–Trinajstić information content (AvgIpc) is 3.06. The summed E-state index contributed by atoms with van der Waals surface area (Å²) in [4.78, 5) is 6.26. The van der Waals surface area contributed by atoms with E-state index in [0.717, 1.165) is 6.54 Å². The molecule has 1 unspecified atom stereocenters. The van der Waals surface area contributed by atoms with Crippen molar-refractivity contribution >= 4 is 11.3 Å². The lowest BCUT2D eigenvalue weighted by atomic mass is 10.1. The third kappa shape index (κ3) is 4.03. The first-order valence-electron chi connectivity index (χ1n) is 7.59. The van der Waals surface area contributed by atoms with Crippen LogP contribution in [0.2, 0.25) is 0 Å². The van der Waals surface area contributed by atoms with Crippen LogP contribution >= 0.6 is 11.3 Å². The zero-order valence-corrected chi connectivity index (χ0v) is 14.4. The molecule has 1 heterocycles. The van der Waals surface area contributed by atoms with E-state index in [4.69, 9.17) is 9.72 Å². The molecule has 1 aliphatic carbocycles. The molecule has 1 aromatic rings. The molecule has 0 spiro atoms. The molecule has 2 rings (SSSR count). The van der Waals surface area contributed by atoms with Gasteiger partial charge in [-0.05, 0) is 45.4 Å². The minimum atomic E-state index is 0.134. The average molecular weight is 296 g/mol. The van der Waals surface area contributed by atoms with Gasteiger partial charge in [0.25, 0.3) is 0 Å². The van der Waals surface area contributed by atoms with Gasteiger partial charge < -0.3 is 10.1 Å². The summed E-state index contributed by atoms with van der Waals surface area (Å²) < 4.78 is 5.68. The molecule has 0 aromatic carbocycles. The zero-order chi connectivity index (χ0) is 14.9. The van der Waals surface area contributed by atoms with Crippen molar-refractivity contribution in [2.24, 2.45) is 5.92 Å². The number of nitrogens with one attached hydrogen (secondary N) is 1. The monoisotopic (exact) mass is 296 g/mol. The Kier molecular flexibility index (Phi) is 4.88. The Balaban J connectivity index is 2.18. The molecule has 1 saturated carbocycles. The van der Waals surface area contributed by atoms with Gasteiger partial charge in [0.15, 0.2) is 0 Å². The SMILES string of the molecule is COC(c1nc(C(C)C)c(CNC(C)(C)C)s1)C1CC1. The van der Waals surface area contributed by atoms with Crippen LogP contribution in [0.15, 0.2) is 0 Å². The molecule has 0 aliphatic heterocycles. The first-order valence-corrected chi connectivity index (χ1v) is 8.40. The van der Waals surface area contributed by atoms with Crippen molar-refractivity contribution in [1.82, 2.24) is 10.3 Å². The number of nitrogens with zero attached hydrogens (tertiary/aromatic N) is 1. The third-order valence-electron chi connectivity index (χ3n) is 3.62. The van der Waals surface area contributed by atoms with Crippen LogP contribution in [-0.2, 0) is 11.3 Å². The van der Waals surface area contributed by atoms with E-state index in [2.05, 4.69) is 39.9 Å². The van der Waals surface area contributed by atoms with Crippen LogP contribution in [-0.4, -0.2) is 17.6 Å². The van der Waals surface area contributed by atoms with Gasteiger partial charge >= 0.3 is 0 Å². The Bertz CT molecular complexity index is 444. The number of ether oxygens (including phenoxy) is 1. The molecule has 114 valence electrons. The van der Waals surface area contributed by atoms with E-state index in [-0.39, 0.29) is 11.6 Å².